The minimum Gasteiger partial charge on any atom is -0.316 e. The third-order valence-corrected chi connectivity index (χ3v) is 5.26. The van der Waals surface area contributed by atoms with E-state index in [2.05, 4.69) is 43.2 Å². The van der Waals surface area contributed by atoms with Gasteiger partial charge in [-0.25, -0.2) is 0 Å². The Hall–Kier alpha value is -1.01. The van der Waals surface area contributed by atoms with Crippen LogP contribution in [0.1, 0.15) is 51.4 Å². The largest absolute Gasteiger partial charge is 0.316 e. The normalized spacial score (nSPS) is 21.8. The Morgan fingerprint density at radius 2 is 2.19 bits per heavy atom. The Bertz CT molecular complexity index is 603. The Morgan fingerprint density at radius 1 is 1.38 bits per heavy atom. The molecule has 0 aliphatic carbocycles. The third-order valence-electron chi connectivity index (χ3n) is 4.34. The highest BCUT2D eigenvalue weighted by Gasteiger charge is 2.25. The quantitative estimate of drug-likeness (QED) is 0.947. The van der Waals surface area contributed by atoms with Crippen molar-refractivity contribution in [3.8, 4) is 0 Å². The van der Waals surface area contributed by atoms with E-state index in [9.17, 15) is 0 Å². The van der Waals surface area contributed by atoms with E-state index in [0.717, 1.165) is 29.7 Å². The van der Waals surface area contributed by atoms with E-state index in [1.165, 1.54) is 24.4 Å². The Labute approximate surface area is 130 Å². The van der Waals surface area contributed by atoms with Gasteiger partial charge >= 0.3 is 0 Å². The maximum Gasteiger partial charge on any atom is 0.234 e. The van der Waals surface area contributed by atoms with E-state index in [-0.39, 0.29) is 5.41 Å². The molecule has 0 radical (unpaired) electrons. The fourth-order valence-electron chi connectivity index (χ4n) is 3.01. The maximum absolute atomic E-state index is 4.76. The molecule has 116 valence electrons. The summed E-state index contributed by atoms with van der Waals surface area (Å²) in [6, 6.07) is 0. The van der Waals surface area contributed by atoms with Crippen molar-refractivity contribution < 1.29 is 0 Å². The summed E-state index contributed by atoms with van der Waals surface area (Å²) < 4.78 is 1.94. The van der Waals surface area contributed by atoms with E-state index < -0.39 is 0 Å². The van der Waals surface area contributed by atoms with Gasteiger partial charge in [0.15, 0.2) is 5.82 Å². The van der Waals surface area contributed by atoms with E-state index in [1.54, 1.807) is 11.3 Å². The van der Waals surface area contributed by atoms with Crippen molar-refractivity contribution >= 4 is 16.3 Å². The van der Waals surface area contributed by atoms with Crippen LogP contribution in [0.5, 0.6) is 0 Å². The number of fused-ring (bicyclic) bond motifs is 1. The molecule has 0 spiro atoms. The highest BCUT2D eigenvalue weighted by atomic mass is 32.1. The third kappa shape index (κ3) is 3.11. The van der Waals surface area contributed by atoms with Gasteiger partial charge in [-0.05, 0) is 37.8 Å². The van der Waals surface area contributed by atoms with Gasteiger partial charge < -0.3 is 5.32 Å². The van der Waals surface area contributed by atoms with Gasteiger partial charge in [0.2, 0.25) is 4.96 Å². The molecule has 2 unspecified atom stereocenters. The second-order valence-corrected chi connectivity index (χ2v) is 8.29. The molecule has 0 bridgehead atoms. The van der Waals surface area contributed by atoms with Crippen molar-refractivity contribution in [1.82, 2.24) is 25.1 Å². The van der Waals surface area contributed by atoms with E-state index in [4.69, 9.17) is 5.10 Å². The lowest BCUT2D eigenvalue weighted by molar-refractivity contribution is 0.278. The monoisotopic (exact) mass is 307 g/mol. The van der Waals surface area contributed by atoms with Crippen LogP contribution in [-0.2, 0) is 11.8 Å². The summed E-state index contributed by atoms with van der Waals surface area (Å²) in [5.41, 5.74) is -0.0241. The highest BCUT2D eigenvalue weighted by molar-refractivity contribution is 7.16. The van der Waals surface area contributed by atoms with Gasteiger partial charge in [0.05, 0.1) is 0 Å². The van der Waals surface area contributed by atoms with Crippen molar-refractivity contribution in [3.63, 3.8) is 0 Å². The molecule has 2 aromatic heterocycles. The Balaban J connectivity index is 1.77. The number of rotatable bonds is 3. The van der Waals surface area contributed by atoms with Crippen LogP contribution in [0.4, 0.5) is 0 Å². The predicted molar refractivity (Wildman–Crippen MR) is 85.8 cm³/mol. The van der Waals surface area contributed by atoms with Crippen molar-refractivity contribution in [2.75, 3.05) is 13.1 Å². The zero-order chi connectivity index (χ0) is 15.0. The van der Waals surface area contributed by atoms with Crippen LogP contribution in [0.3, 0.4) is 0 Å². The molecule has 0 amide bonds. The lowest BCUT2D eigenvalue weighted by Crippen LogP contribution is -2.33. The van der Waals surface area contributed by atoms with Gasteiger partial charge in [-0.2, -0.15) is 9.61 Å². The summed E-state index contributed by atoms with van der Waals surface area (Å²) >= 11 is 1.68. The molecule has 2 atom stereocenters. The van der Waals surface area contributed by atoms with Crippen molar-refractivity contribution in [2.24, 2.45) is 11.8 Å². The molecular weight excluding hydrogens is 282 g/mol. The number of piperidine rings is 1. The second kappa shape index (κ2) is 5.65. The standard InChI is InChI=1S/C15H25N5S/c1-10(11-6-5-7-16-9-11)8-12-19-20-13(15(2,3)4)17-18-14(20)21-12/h10-11,16H,5-9H2,1-4H3. The van der Waals surface area contributed by atoms with Gasteiger partial charge in [-0.3, -0.25) is 0 Å². The first-order valence-corrected chi connectivity index (χ1v) is 8.69. The van der Waals surface area contributed by atoms with Crippen LogP contribution in [0.15, 0.2) is 0 Å². The maximum atomic E-state index is 4.76. The molecule has 21 heavy (non-hydrogen) atoms. The van der Waals surface area contributed by atoms with Gasteiger partial charge in [0.1, 0.15) is 5.01 Å². The van der Waals surface area contributed by atoms with Crippen LogP contribution in [0.25, 0.3) is 4.96 Å². The fraction of sp³-hybridized carbons (Fsp3) is 0.800. The molecule has 1 aliphatic heterocycles. The van der Waals surface area contributed by atoms with Gasteiger partial charge in [0, 0.05) is 11.8 Å². The highest BCUT2D eigenvalue weighted by Crippen LogP contribution is 2.27. The molecule has 5 nitrogen and oxygen atoms in total. The first kappa shape index (κ1) is 14.9. The van der Waals surface area contributed by atoms with Crippen LogP contribution >= 0.6 is 11.3 Å². The molecule has 1 aliphatic rings. The lowest BCUT2D eigenvalue weighted by Gasteiger charge is -2.27. The lowest BCUT2D eigenvalue weighted by atomic mass is 9.86. The molecule has 1 fully saturated rings. The minimum atomic E-state index is -0.0241. The first-order chi connectivity index (χ1) is 9.95. The zero-order valence-electron chi connectivity index (χ0n) is 13.4. The Kier molecular flexibility index (Phi) is 4.01. The molecule has 3 rings (SSSR count). The second-order valence-electron chi connectivity index (χ2n) is 7.25. The molecule has 1 N–H and O–H groups in total. The average Bonchev–Trinajstić information content (AvgIpc) is 2.98. The molecule has 0 aromatic carbocycles. The summed E-state index contributed by atoms with van der Waals surface area (Å²) in [6.45, 7) is 11.1. The smallest absolute Gasteiger partial charge is 0.234 e. The number of hydrogen-bond donors (Lipinski definition) is 1. The molecule has 1 saturated heterocycles. The molecule has 0 saturated carbocycles. The first-order valence-electron chi connectivity index (χ1n) is 7.87. The summed E-state index contributed by atoms with van der Waals surface area (Å²) in [4.78, 5) is 0.920. The van der Waals surface area contributed by atoms with Gasteiger partial charge in [0.25, 0.3) is 0 Å². The summed E-state index contributed by atoms with van der Waals surface area (Å²) in [5, 5.41) is 18.0. The molecule has 2 aromatic rings. The zero-order valence-corrected chi connectivity index (χ0v) is 14.2. The van der Waals surface area contributed by atoms with Crippen LogP contribution in [0.2, 0.25) is 0 Å². The fourth-order valence-corrected chi connectivity index (χ4v) is 3.99. The van der Waals surface area contributed by atoms with E-state index in [0.29, 0.717) is 5.92 Å². The van der Waals surface area contributed by atoms with Crippen LogP contribution in [0, 0.1) is 11.8 Å². The van der Waals surface area contributed by atoms with Crippen LogP contribution in [-0.4, -0.2) is 32.9 Å². The minimum absolute atomic E-state index is 0.0241. The number of nitrogens with one attached hydrogen (secondary N) is 1. The topological polar surface area (TPSA) is 55.1 Å². The van der Waals surface area contributed by atoms with Crippen LogP contribution < -0.4 is 5.32 Å². The van der Waals surface area contributed by atoms with E-state index in [1.807, 2.05) is 4.52 Å². The van der Waals surface area contributed by atoms with E-state index >= 15 is 0 Å². The van der Waals surface area contributed by atoms with Gasteiger partial charge in [-0.1, -0.05) is 39.0 Å². The van der Waals surface area contributed by atoms with Crippen molar-refractivity contribution in [2.45, 2.75) is 52.4 Å². The molecule has 3 heterocycles. The number of aromatic nitrogens is 4. The number of hydrogen-bond acceptors (Lipinski definition) is 5. The predicted octanol–water partition coefficient (Wildman–Crippen LogP) is 2.66. The number of nitrogens with zero attached hydrogens (tertiary/aromatic N) is 4. The summed E-state index contributed by atoms with van der Waals surface area (Å²) in [5.74, 6) is 2.39. The molecule has 6 heteroatoms. The summed E-state index contributed by atoms with van der Waals surface area (Å²) in [6.07, 6.45) is 3.68. The SMILES string of the molecule is CC(Cc1nn2c(C(C)(C)C)nnc2s1)C1CCCNC1. The average molecular weight is 307 g/mol. The summed E-state index contributed by atoms with van der Waals surface area (Å²) in [7, 11) is 0. The molecular formula is C15H25N5S. The Morgan fingerprint density at radius 3 is 2.86 bits per heavy atom. The van der Waals surface area contributed by atoms with Crippen molar-refractivity contribution in [1.29, 1.82) is 0 Å². The van der Waals surface area contributed by atoms with Gasteiger partial charge in [-0.15, -0.1) is 10.2 Å². The van der Waals surface area contributed by atoms with Crippen molar-refractivity contribution in [3.05, 3.63) is 10.8 Å².